The smallest absolute Gasteiger partial charge is 0.254 e. The van der Waals surface area contributed by atoms with Crippen molar-refractivity contribution in [3.8, 4) is 0 Å². The quantitative estimate of drug-likeness (QED) is 0.793. The topological polar surface area (TPSA) is 23.6 Å². The Labute approximate surface area is 146 Å². The van der Waals surface area contributed by atoms with Crippen LogP contribution in [0.3, 0.4) is 0 Å². The molecule has 0 atom stereocenters. The molecule has 3 rings (SSSR count). The van der Waals surface area contributed by atoms with Gasteiger partial charge in [0.25, 0.3) is 5.91 Å². The van der Waals surface area contributed by atoms with Crippen LogP contribution in [0.2, 0.25) is 0 Å². The van der Waals surface area contributed by atoms with Crippen LogP contribution in [0.5, 0.6) is 0 Å². The molecule has 3 nitrogen and oxygen atoms in total. The zero-order chi connectivity index (χ0) is 16.9. The molecule has 1 aliphatic rings. The average Bonchev–Trinajstić information content (AvgIpc) is 2.62. The summed E-state index contributed by atoms with van der Waals surface area (Å²) >= 11 is 1.74. The van der Waals surface area contributed by atoms with Crippen LogP contribution in [0, 0.1) is 5.82 Å². The van der Waals surface area contributed by atoms with Crippen LogP contribution >= 0.6 is 11.8 Å². The minimum Gasteiger partial charge on any atom is -0.336 e. The van der Waals surface area contributed by atoms with Crippen LogP contribution in [-0.2, 0) is 6.54 Å². The number of halogens is 1. The van der Waals surface area contributed by atoms with Gasteiger partial charge in [0.1, 0.15) is 5.82 Å². The van der Waals surface area contributed by atoms with E-state index in [1.165, 1.54) is 22.6 Å². The lowest BCUT2D eigenvalue weighted by molar-refractivity contribution is 0.0628. The SMILES string of the molecule is CSc1ccc(CN2CCN(C(=O)c3cccc(F)c3)CC2)cc1. The number of carbonyl (C=O) groups excluding carboxylic acids is 1. The van der Waals surface area contributed by atoms with Crippen molar-refractivity contribution >= 4 is 17.7 Å². The van der Waals surface area contributed by atoms with Crippen LogP contribution < -0.4 is 0 Å². The number of nitrogens with zero attached hydrogens (tertiary/aromatic N) is 2. The Morgan fingerprint density at radius 1 is 1.08 bits per heavy atom. The average molecular weight is 344 g/mol. The Kier molecular flexibility index (Phi) is 5.53. The molecule has 0 spiro atoms. The van der Waals surface area contributed by atoms with E-state index in [0.29, 0.717) is 18.7 Å². The maximum atomic E-state index is 13.3. The predicted molar refractivity (Wildman–Crippen MR) is 95.8 cm³/mol. The first-order chi connectivity index (χ1) is 11.7. The Morgan fingerprint density at radius 2 is 1.79 bits per heavy atom. The van der Waals surface area contributed by atoms with Crippen molar-refractivity contribution in [3.63, 3.8) is 0 Å². The molecule has 126 valence electrons. The number of thioether (sulfide) groups is 1. The molecule has 0 aliphatic carbocycles. The summed E-state index contributed by atoms with van der Waals surface area (Å²) in [6.07, 6.45) is 2.07. The zero-order valence-corrected chi connectivity index (χ0v) is 14.6. The largest absolute Gasteiger partial charge is 0.336 e. The van der Waals surface area contributed by atoms with E-state index in [2.05, 4.69) is 35.4 Å². The normalized spacial score (nSPS) is 15.5. The number of benzene rings is 2. The van der Waals surface area contributed by atoms with Crippen molar-refractivity contribution in [1.82, 2.24) is 9.80 Å². The van der Waals surface area contributed by atoms with E-state index in [-0.39, 0.29) is 11.7 Å². The van der Waals surface area contributed by atoms with Crippen LogP contribution in [0.4, 0.5) is 4.39 Å². The number of hydrogen-bond acceptors (Lipinski definition) is 3. The van der Waals surface area contributed by atoms with E-state index in [0.717, 1.165) is 19.6 Å². The van der Waals surface area contributed by atoms with Crippen molar-refractivity contribution in [2.45, 2.75) is 11.4 Å². The van der Waals surface area contributed by atoms with Crippen molar-refractivity contribution in [2.75, 3.05) is 32.4 Å². The highest BCUT2D eigenvalue weighted by Gasteiger charge is 2.22. The summed E-state index contributed by atoms with van der Waals surface area (Å²) in [5, 5.41) is 0. The van der Waals surface area contributed by atoms with Crippen LogP contribution in [-0.4, -0.2) is 48.1 Å². The molecule has 0 bridgehead atoms. The fourth-order valence-corrected chi connectivity index (χ4v) is 3.31. The number of rotatable bonds is 4. The van der Waals surface area contributed by atoms with Crippen LogP contribution in [0.15, 0.2) is 53.4 Å². The first-order valence-electron chi connectivity index (χ1n) is 8.06. The molecule has 0 aromatic heterocycles. The van der Waals surface area contributed by atoms with Gasteiger partial charge < -0.3 is 4.90 Å². The highest BCUT2D eigenvalue weighted by atomic mass is 32.2. The van der Waals surface area contributed by atoms with Crippen molar-refractivity contribution < 1.29 is 9.18 Å². The number of hydrogen-bond donors (Lipinski definition) is 0. The van der Waals surface area contributed by atoms with Gasteiger partial charge in [0.2, 0.25) is 0 Å². The summed E-state index contributed by atoms with van der Waals surface area (Å²) in [6.45, 7) is 3.93. The maximum Gasteiger partial charge on any atom is 0.254 e. The predicted octanol–water partition coefficient (Wildman–Crippen LogP) is 3.51. The summed E-state index contributed by atoms with van der Waals surface area (Å²) in [6, 6.07) is 14.5. The Bertz CT molecular complexity index is 697. The van der Waals surface area contributed by atoms with Gasteiger partial charge in [0, 0.05) is 43.2 Å². The fourth-order valence-electron chi connectivity index (χ4n) is 2.90. The standard InChI is InChI=1S/C19H21FN2OS/c1-24-18-7-5-15(6-8-18)14-21-9-11-22(12-10-21)19(23)16-3-2-4-17(20)13-16/h2-8,13H,9-12,14H2,1H3. The van der Waals surface area contributed by atoms with Gasteiger partial charge >= 0.3 is 0 Å². The minimum atomic E-state index is -0.367. The van der Waals surface area contributed by atoms with E-state index in [1.54, 1.807) is 23.9 Å². The Hall–Kier alpha value is -1.85. The molecule has 2 aromatic carbocycles. The summed E-state index contributed by atoms with van der Waals surface area (Å²) in [5.74, 6) is -0.452. The Balaban J connectivity index is 1.54. The van der Waals surface area contributed by atoms with E-state index in [4.69, 9.17) is 0 Å². The Morgan fingerprint density at radius 3 is 2.42 bits per heavy atom. The van der Waals surface area contributed by atoms with E-state index >= 15 is 0 Å². The van der Waals surface area contributed by atoms with Gasteiger partial charge in [-0.3, -0.25) is 9.69 Å². The zero-order valence-electron chi connectivity index (χ0n) is 13.7. The van der Waals surface area contributed by atoms with Gasteiger partial charge in [-0.15, -0.1) is 11.8 Å². The third-order valence-corrected chi connectivity index (χ3v) is 5.04. The first-order valence-corrected chi connectivity index (χ1v) is 9.28. The van der Waals surface area contributed by atoms with E-state index < -0.39 is 0 Å². The summed E-state index contributed by atoms with van der Waals surface area (Å²) in [4.78, 5) is 17.9. The molecule has 0 N–H and O–H groups in total. The molecular formula is C19H21FN2OS. The third-order valence-electron chi connectivity index (χ3n) is 4.30. The van der Waals surface area contributed by atoms with Gasteiger partial charge in [-0.25, -0.2) is 4.39 Å². The monoisotopic (exact) mass is 344 g/mol. The molecule has 0 saturated carbocycles. The molecule has 1 fully saturated rings. The minimum absolute atomic E-state index is 0.0847. The highest BCUT2D eigenvalue weighted by Crippen LogP contribution is 2.17. The van der Waals surface area contributed by atoms with Crippen LogP contribution in [0.25, 0.3) is 0 Å². The van der Waals surface area contributed by atoms with Crippen molar-refractivity contribution in [1.29, 1.82) is 0 Å². The van der Waals surface area contributed by atoms with Gasteiger partial charge in [-0.2, -0.15) is 0 Å². The van der Waals surface area contributed by atoms with Gasteiger partial charge in [0.05, 0.1) is 0 Å². The van der Waals surface area contributed by atoms with Crippen molar-refractivity contribution in [3.05, 3.63) is 65.5 Å². The van der Waals surface area contributed by atoms with E-state index in [1.807, 2.05) is 4.90 Å². The first kappa shape index (κ1) is 17.0. The van der Waals surface area contributed by atoms with Gasteiger partial charge in [-0.1, -0.05) is 18.2 Å². The molecule has 1 amide bonds. The summed E-state index contributed by atoms with van der Waals surface area (Å²) in [5.41, 5.74) is 1.72. The van der Waals surface area contributed by atoms with Gasteiger partial charge in [-0.05, 0) is 42.2 Å². The lowest BCUT2D eigenvalue weighted by Crippen LogP contribution is -2.48. The summed E-state index contributed by atoms with van der Waals surface area (Å²) < 4.78 is 13.3. The second-order valence-corrected chi connectivity index (χ2v) is 6.81. The number of amides is 1. The number of carbonyl (C=O) groups is 1. The molecule has 1 aliphatic heterocycles. The summed E-state index contributed by atoms with van der Waals surface area (Å²) in [7, 11) is 0. The fraction of sp³-hybridized carbons (Fsp3) is 0.316. The molecule has 0 radical (unpaired) electrons. The maximum absolute atomic E-state index is 13.3. The molecule has 2 aromatic rings. The second kappa shape index (κ2) is 7.81. The molecule has 0 unspecified atom stereocenters. The highest BCUT2D eigenvalue weighted by molar-refractivity contribution is 7.98. The lowest BCUT2D eigenvalue weighted by Gasteiger charge is -2.34. The number of piperazine rings is 1. The molecule has 5 heteroatoms. The lowest BCUT2D eigenvalue weighted by atomic mass is 10.1. The van der Waals surface area contributed by atoms with Gasteiger partial charge in [0.15, 0.2) is 0 Å². The third kappa shape index (κ3) is 4.16. The molecule has 1 heterocycles. The molecular weight excluding hydrogens is 323 g/mol. The van der Waals surface area contributed by atoms with Crippen LogP contribution in [0.1, 0.15) is 15.9 Å². The molecule has 1 saturated heterocycles. The van der Waals surface area contributed by atoms with E-state index in [9.17, 15) is 9.18 Å². The molecule has 24 heavy (non-hydrogen) atoms. The second-order valence-electron chi connectivity index (χ2n) is 5.93. The van der Waals surface area contributed by atoms with Crippen molar-refractivity contribution in [2.24, 2.45) is 0 Å².